The molecule has 1 rings (SSSR count). The van der Waals surface area contributed by atoms with Gasteiger partial charge in [0.25, 0.3) is 0 Å². The third-order valence-corrected chi connectivity index (χ3v) is 3.73. The van der Waals surface area contributed by atoms with Gasteiger partial charge in [-0.2, -0.15) is 0 Å². The fourth-order valence-corrected chi connectivity index (χ4v) is 2.29. The minimum absolute atomic E-state index is 0.854. The van der Waals surface area contributed by atoms with E-state index < -0.39 is 0 Å². The third kappa shape index (κ3) is 6.39. The van der Waals surface area contributed by atoms with Crippen molar-refractivity contribution in [2.75, 3.05) is 45.9 Å². The highest BCUT2D eigenvalue weighted by Crippen LogP contribution is 2.21. The Morgan fingerprint density at radius 1 is 1.12 bits per heavy atom. The van der Waals surface area contributed by atoms with E-state index in [1.54, 1.807) is 0 Å². The number of ether oxygens (including phenoxy) is 1. The molecule has 0 aromatic heterocycles. The number of hydrogen-bond acceptors (Lipinski definition) is 3. The molecule has 1 saturated heterocycles. The van der Waals surface area contributed by atoms with Gasteiger partial charge in [0.1, 0.15) is 0 Å². The molecule has 0 saturated carbocycles. The van der Waals surface area contributed by atoms with Crippen molar-refractivity contribution in [2.45, 2.75) is 33.6 Å². The summed E-state index contributed by atoms with van der Waals surface area (Å²) >= 11 is 0. The fraction of sp³-hybridized carbons (Fsp3) is 1.00. The molecule has 3 heteroatoms. The Balaban J connectivity index is 1.85. The van der Waals surface area contributed by atoms with Gasteiger partial charge in [0.15, 0.2) is 0 Å². The molecule has 0 radical (unpaired) electrons. The Labute approximate surface area is 107 Å². The minimum atomic E-state index is 0.854. The van der Waals surface area contributed by atoms with E-state index in [4.69, 9.17) is 4.74 Å². The SMILES string of the molecule is CCCCOCCNCCN1CC(C)C(C)C1. The molecule has 0 amide bonds. The average molecular weight is 242 g/mol. The van der Waals surface area contributed by atoms with Crippen molar-refractivity contribution in [2.24, 2.45) is 11.8 Å². The van der Waals surface area contributed by atoms with Gasteiger partial charge in [0.05, 0.1) is 6.61 Å². The van der Waals surface area contributed by atoms with Crippen molar-refractivity contribution >= 4 is 0 Å². The van der Waals surface area contributed by atoms with Crippen LogP contribution in [0.15, 0.2) is 0 Å². The molecule has 0 spiro atoms. The Bertz CT molecular complexity index is 177. The molecule has 2 unspecified atom stereocenters. The predicted molar refractivity (Wildman–Crippen MR) is 73.4 cm³/mol. The van der Waals surface area contributed by atoms with Crippen molar-refractivity contribution in [3.8, 4) is 0 Å². The van der Waals surface area contributed by atoms with Gasteiger partial charge < -0.3 is 15.0 Å². The highest BCUT2D eigenvalue weighted by molar-refractivity contribution is 4.78. The van der Waals surface area contributed by atoms with Gasteiger partial charge >= 0.3 is 0 Å². The van der Waals surface area contributed by atoms with Gasteiger partial charge in [-0.3, -0.25) is 0 Å². The molecule has 0 bridgehead atoms. The van der Waals surface area contributed by atoms with E-state index in [1.165, 1.54) is 32.5 Å². The van der Waals surface area contributed by atoms with Crippen LogP contribution in [0.2, 0.25) is 0 Å². The summed E-state index contributed by atoms with van der Waals surface area (Å²) in [6.45, 7) is 14.5. The largest absolute Gasteiger partial charge is 0.380 e. The molecule has 0 aliphatic carbocycles. The van der Waals surface area contributed by atoms with Crippen LogP contribution >= 0.6 is 0 Å². The Morgan fingerprint density at radius 2 is 1.82 bits per heavy atom. The van der Waals surface area contributed by atoms with Crippen LogP contribution in [0.5, 0.6) is 0 Å². The minimum Gasteiger partial charge on any atom is -0.380 e. The average Bonchev–Trinajstić information content (AvgIpc) is 2.62. The second kappa shape index (κ2) is 8.90. The molecule has 0 aromatic carbocycles. The number of likely N-dealkylation sites (tertiary alicyclic amines) is 1. The first kappa shape index (κ1) is 14.9. The summed E-state index contributed by atoms with van der Waals surface area (Å²) in [7, 11) is 0. The van der Waals surface area contributed by atoms with E-state index in [-0.39, 0.29) is 0 Å². The molecule has 1 aliphatic rings. The van der Waals surface area contributed by atoms with Crippen molar-refractivity contribution in [1.29, 1.82) is 0 Å². The standard InChI is InChI=1S/C14H30N2O/c1-4-5-9-17-10-7-15-6-8-16-11-13(2)14(3)12-16/h13-15H,4-12H2,1-3H3. The van der Waals surface area contributed by atoms with E-state index in [2.05, 4.69) is 31.0 Å². The zero-order chi connectivity index (χ0) is 12.5. The van der Waals surface area contributed by atoms with Gasteiger partial charge in [-0.15, -0.1) is 0 Å². The van der Waals surface area contributed by atoms with Crippen LogP contribution in [0.3, 0.4) is 0 Å². The maximum Gasteiger partial charge on any atom is 0.0590 e. The number of unbranched alkanes of at least 4 members (excludes halogenated alkanes) is 1. The van der Waals surface area contributed by atoms with Crippen LogP contribution in [-0.4, -0.2) is 50.8 Å². The molecule has 1 heterocycles. The first-order valence-electron chi connectivity index (χ1n) is 7.24. The second-order valence-electron chi connectivity index (χ2n) is 5.43. The van der Waals surface area contributed by atoms with Crippen molar-refractivity contribution < 1.29 is 4.74 Å². The second-order valence-corrected chi connectivity index (χ2v) is 5.43. The van der Waals surface area contributed by atoms with Gasteiger partial charge in [-0.1, -0.05) is 27.2 Å². The number of nitrogens with zero attached hydrogens (tertiary/aromatic N) is 1. The van der Waals surface area contributed by atoms with Crippen molar-refractivity contribution in [3.63, 3.8) is 0 Å². The normalized spacial score (nSPS) is 25.6. The third-order valence-electron chi connectivity index (χ3n) is 3.73. The molecular formula is C14H30N2O. The molecule has 1 N–H and O–H groups in total. The van der Waals surface area contributed by atoms with Crippen LogP contribution in [0, 0.1) is 11.8 Å². The van der Waals surface area contributed by atoms with E-state index >= 15 is 0 Å². The smallest absolute Gasteiger partial charge is 0.0590 e. The maximum atomic E-state index is 5.50. The van der Waals surface area contributed by atoms with E-state index in [0.29, 0.717) is 0 Å². The molecule has 1 fully saturated rings. The van der Waals surface area contributed by atoms with E-state index in [0.717, 1.165) is 38.1 Å². The summed E-state index contributed by atoms with van der Waals surface area (Å²) in [5.41, 5.74) is 0. The number of rotatable bonds is 9. The summed E-state index contributed by atoms with van der Waals surface area (Å²) in [5.74, 6) is 1.74. The quantitative estimate of drug-likeness (QED) is 0.626. The fourth-order valence-electron chi connectivity index (χ4n) is 2.29. The molecule has 2 atom stereocenters. The molecule has 3 nitrogen and oxygen atoms in total. The zero-order valence-corrected chi connectivity index (χ0v) is 11.9. The van der Waals surface area contributed by atoms with Crippen LogP contribution in [0.1, 0.15) is 33.6 Å². The summed E-state index contributed by atoms with van der Waals surface area (Å²) < 4.78 is 5.50. The summed E-state index contributed by atoms with van der Waals surface area (Å²) in [6.07, 6.45) is 2.41. The predicted octanol–water partition coefficient (Wildman–Crippen LogP) is 1.98. The summed E-state index contributed by atoms with van der Waals surface area (Å²) in [4.78, 5) is 2.57. The van der Waals surface area contributed by atoms with Gasteiger partial charge in [-0.05, 0) is 18.3 Å². The van der Waals surface area contributed by atoms with E-state index in [9.17, 15) is 0 Å². The molecule has 17 heavy (non-hydrogen) atoms. The monoisotopic (exact) mass is 242 g/mol. The topological polar surface area (TPSA) is 24.5 Å². The van der Waals surface area contributed by atoms with Gasteiger partial charge in [0, 0.05) is 39.3 Å². The summed E-state index contributed by atoms with van der Waals surface area (Å²) in [6, 6.07) is 0. The lowest BCUT2D eigenvalue weighted by Gasteiger charge is -2.15. The number of nitrogens with one attached hydrogen (secondary N) is 1. The van der Waals surface area contributed by atoms with Crippen molar-refractivity contribution in [3.05, 3.63) is 0 Å². The first-order valence-corrected chi connectivity index (χ1v) is 7.24. The van der Waals surface area contributed by atoms with Crippen LogP contribution < -0.4 is 5.32 Å². The number of hydrogen-bond donors (Lipinski definition) is 1. The van der Waals surface area contributed by atoms with Crippen LogP contribution in [-0.2, 0) is 4.74 Å². The lowest BCUT2D eigenvalue weighted by Crippen LogP contribution is -2.32. The highest BCUT2D eigenvalue weighted by atomic mass is 16.5. The Hall–Kier alpha value is -0.120. The lowest BCUT2D eigenvalue weighted by atomic mass is 10.0. The van der Waals surface area contributed by atoms with Crippen LogP contribution in [0.25, 0.3) is 0 Å². The molecular weight excluding hydrogens is 212 g/mol. The Morgan fingerprint density at radius 3 is 2.47 bits per heavy atom. The van der Waals surface area contributed by atoms with E-state index in [1.807, 2.05) is 0 Å². The summed E-state index contributed by atoms with van der Waals surface area (Å²) in [5, 5.41) is 3.45. The molecule has 1 aliphatic heterocycles. The van der Waals surface area contributed by atoms with Crippen molar-refractivity contribution in [1.82, 2.24) is 10.2 Å². The van der Waals surface area contributed by atoms with Gasteiger partial charge in [0.2, 0.25) is 0 Å². The maximum absolute atomic E-state index is 5.50. The molecule has 0 aromatic rings. The first-order chi connectivity index (χ1) is 8.24. The highest BCUT2D eigenvalue weighted by Gasteiger charge is 2.24. The molecule has 102 valence electrons. The zero-order valence-electron chi connectivity index (χ0n) is 11.9. The van der Waals surface area contributed by atoms with Gasteiger partial charge in [-0.25, -0.2) is 0 Å². The van der Waals surface area contributed by atoms with Crippen LogP contribution in [0.4, 0.5) is 0 Å². The lowest BCUT2D eigenvalue weighted by molar-refractivity contribution is 0.132. The Kier molecular flexibility index (Phi) is 7.82.